The van der Waals surface area contributed by atoms with Gasteiger partial charge >= 0.3 is 5.69 Å². The summed E-state index contributed by atoms with van der Waals surface area (Å²) in [5.74, 6) is 0.782. The Labute approximate surface area is 165 Å². The zero-order valence-electron chi connectivity index (χ0n) is 16.0. The second-order valence-corrected chi connectivity index (χ2v) is 7.42. The number of imidazole rings is 1. The van der Waals surface area contributed by atoms with Gasteiger partial charge in [0.2, 0.25) is 17.6 Å². The van der Waals surface area contributed by atoms with E-state index in [1.807, 2.05) is 49.4 Å². The monoisotopic (exact) mass is 389 g/mol. The van der Waals surface area contributed by atoms with Crippen LogP contribution in [0.15, 0.2) is 51.8 Å². The molecule has 8 nitrogen and oxygen atoms in total. The molecule has 3 heterocycles. The van der Waals surface area contributed by atoms with Crippen LogP contribution >= 0.6 is 0 Å². The second-order valence-electron chi connectivity index (χ2n) is 7.42. The quantitative estimate of drug-likeness (QED) is 0.581. The number of amides is 1. The summed E-state index contributed by atoms with van der Waals surface area (Å²) in [7, 11) is 1.71. The van der Waals surface area contributed by atoms with Gasteiger partial charge in [-0.1, -0.05) is 22.9 Å². The summed E-state index contributed by atoms with van der Waals surface area (Å²) in [6.07, 6.45) is 0.334. The molecule has 2 aromatic carbocycles. The predicted octanol–water partition coefficient (Wildman–Crippen LogP) is 2.75. The van der Waals surface area contributed by atoms with Gasteiger partial charge in [-0.05, 0) is 37.3 Å². The zero-order chi connectivity index (χ0) is 20.1. The highest BCUT2D eigenvalue weighted by atomic mass is 16.5. The van der Waals surface area contributed by atoms with Gasteiger partial charge in [-0.2, -0.15) is 4.98 Å². The van der Waals surface area contributed by atoms with Gasteiger partial charge in [0.05, 0.1) is 17.0 Å². The molecule has 1 saturated heterocycles. The fourth-order valence-corrected chi connectivity index (χ4v) is 3.74. The van der Waals surface area contributed by atoms with Crippen molar-refractivity contribution in [1.29, 1.82) is 0 Å². The zero-order valence-corrected chi connectivity index (χ0v) is 16.0. The molecule has 4 aromatic rings. The van der Waals surface area contributed by atoms with Crippen LogP contribution in [-0.4, -0.2) is 32.1 Å². The minimum Gasteiger partial charge on any atom is -0.339 e. The third kappa shape index (κ3) is 2.93. The Morgan fingerprint density at radius 3 is 2.72 bits per heavy atom. The molecule has 5 rings (SSSR count). The highest BCUT2D eigenvalue weighted by Gasteiger charge is 2.35. The number of carbonyl (C=O) groups excluding carboxylic acids is 1. The highest BCUT2D eigenvalue weighted by molar-refractivity contribution is 5.96. The molecule has 1 amide bonds. The van der Waals surface area contributed by atoms with E-state index in [9.17, 15) is 9.59 Å². The largest absolute Gasteiger partial charge is 0.339 e. The van der Waals surface area contributed by atoms with Crippen molar-refractivity contribution in [3.8, 4) is 11.4 Å². The molecule has 0 bridgehead atoms. The molecule has 1 aliphatic heterocycles. The van der Waals surface area contributed by atoms with Crippen LogP contribution in [-0.2, 0) is 11.8 Å². The lowest BCUT2D eigenvalue weighted by molar-refractivity contribution is -0.117. The van der Waals surface area contributed by atoms with Crippen LogP contribution in [0.2, 0.25) is 0 Å². The second kappa shape index (κ2) is 6.44. The molecule has 1 N–H and O–H groups in total. The smallest absolute Gasteiger partial charge is 0.326 e. The SMILES string of the molecule is Cc1ccc(N2C[C@@H](c3nc(-c4ccc5c(c4)[nH]c(=O)n5C)no3)CC2=O)cc1. The minimum atomic E-state index is -0.174. The Hall–Kier alpha value is -3.68. The lowest BCUT2D eigenvalue weighted by atomic mass is 10.1. The van der Waals surface area contributed by atoms with E-state index in [2.05, 4.69) is 15.1 Å². The Bertz CT molecular complexity index is 1280. The van der Waals surface area contributed by atoms with E-state index in [1.54, 1.807) is 16.5 Å². The minimum absolute atomic E-state index is 0.0434. The van der Waals surface area contributed by atoms with Gasteiger partial charge in [0.1, 0.15) is 0 Å². The molecule has 1 atom stereocenters. The first-order chi connectivity index (χ1) is 14.0. The Balaban J connectivity index is 1.41. The summed E-state index contributed by atoms with van der Waals surface area (Å²) in [5.41, 5.74) is 4.11. The summed E-state index contributed by atoms with van der Waals surface area (Å²) in [4.78, 5) is 33.4. The summed E-state index contributed by atoms with van der Waals surface area (Å²) in [5, 5.41) is 4.09. The summed E-state index contributed by atoms with van der Waals surface area (Å²) < 4.78 is 7.02. The number of rotatable bonds is 3. The van der Waals surface area contributed by atoms with Crippen molar-refractivity contribution in [2.24, 2.45) is 7.05 Å². The highest BCUT2D eigenvalue weighted by Crippen LogP contribution is 2.32. The molecule has 146 valence electrons. The predicted molar refractivity (Wildman–Crippen MR) is 108 cm³/mol. The van der Waals surface area contributed by atoms with Gasteiger partial charge in [-0.25, -0.2) is 4.79 Å². The van der Waals surface area contributed by atoms with Crippen molar-refractivity contribution < 1.29 is 9.32 Å². The average molecular weight is 389 g/mol. The molecule has 0 spiro atoms. The topological polar surface area (TPSA) is 97.0 Å². The average Bonchev–Trinajstić information content (AvgIpc) is 3.41. The first kappa shape index (κ1) is 17.4. The molecular weight excluding hydrogens is 370 g/mol. The Morgan fingerprint density at radius 2 is 1.93 bits per heavy atom. The Morgan fingerprint density at radius 1 is 1.14 bits per heavy atom. The van der Waals surface area contributed by atoms with Gasteiger partial charge in [0.15, 0.2) is 0 Å². The number of aromatic nitrogens is 4. The number of hydrogen-bond acceptors (Lipinski definition) is 5. The molecular formula is C21H19N5O3. The normalized spacial score (nSPS) is 16.8. The number of fused-ring (bicyclic) bond motifs is 1. The number of nitrogens with one attached hydrogen (secondary N) is 1. The number of benzene rings is 2. The number of carbonyl (C=O) groups is 1. The molecule has 2 aromatic heterocycles. The molecule has 0 aliphatic carbocycles. The lowest BCUT2D eigenvalue weighted by Crippen LogP contribution is -2.24. The summed E-state index contributed by atoms with van der Waals surface area (Å²) in [6.45, 7) is 2.52. The van der Waals surface area contributed by atoms with Crippen molar-refractivity contribution in [2.45, 2.75) is 19.3 Å². The molecule has 0 unspecified atom stereocenters. The number of nitrogens with zero attached hydrogens (tertiary/aromatic N) is 4. The van der Waals surface area contributed by atoms with Crippen molar-refractivity contribution in [1.82, 2.24) is 19.7 Å². The Kier molecular flexibility index (Phi) is 3.87. The molecule has 8 heteroatoms. The fraction of sp³-hybridized carbons (Fsp3) is 0.238. The standard InChI is InChI=1S/C21H19N5O3/c1-12-3-6-15(7-4-12)26-11-14(10-18(26)27)20-23-19(24-29-20)13-5-8-17-16(9-13)22-21(28)25(17)2/h3-9,14H,10-11H2,1-2H3,(H,22,28)/t14-/m0/s1. The van der Waals surface area contributed by atoms with Crippen LogP contribution in [0.4, 0.5) is 5.69 Å². The van der Waals surface area contributed by atoms with E-state index in [4.69, 9.17) is 4.52 Å². The molecule has 0 radical (unpaired) electrons. The van der Waals surface area contributed by atoms with E-state index in [0.29, 0.717) is 30.2 Å². The first-order valence-corrected chi connectivity index (χ1v) is 9.39. The summed E-state index contributed by atoms with van der Waals surface area (Å²) in [6, 6.07) is 13.4. The van der Waals surface area contributed by atoms with E-state index in [-0.39, 0.29) is 17.5 Å². The number of anilines is 1. The molecule has 0 saturated carbocycles. The molecule has 29 heavy (non-hydrogen) atoms. The number of aryl methyl sites for hydroxylation is 2. The van der Waals surface area contributed by atoms with Gasteiger partial charge in [0, 0.05) is 31.3 Å². The first-order valence-electron chi connectivity index (χ1n) is 9.39. The van der Waals surface area contributed by atoms with E-state index in [1.165, 1.54) is 0 Å². The van der Waals surface area contributed by atoms with Crippen molar-refractivity contribution in [3.05, 3.63) is 64.4 Å². The van der Waals surface area contributed by atoms with E-state index in [0.717, 1.165) is 22.3 Å². The third-order valence-electron chi connectivity index (χ3n) is 5.42. The van der Waals surface area contributed by atoms with Crippen LogP contribution < -0.4 is 10.6 Å². The van der Waals surface area contributed by atoms with Crippen molar-refractivity contribution in [2.75, 3.05) is 11.4 Å². The van der Waals surface area contributed by atoms with Crippen LogP contribution in [0.5, 0.6) is 0 Å². The van der Waals surface area contributed by atoms with Crippen molar-refractivity contribution >= 4 is 22.6 Å². The van der Waals surface area contributed by atoms with Crippen LogP contribution in [0.25, 0.3) is 22.4 Å². The van der Waals surface area contributed by atoms with E-state index >= 15 is 0 Å². The van der Waals surface area contributed by atoms with Gasteiger partial charge in [-0.3, -0.25) is 9.36 Å². The number of hydrogen-bond donors (Lipinski definition) is 1. The van der Waals surface area contributed by atoms with Crippen LogP contribution in [0.1, 0.15) is 23.8 Å². The summed E-state index contributed by atoms with van der Waals surface area (Å²) >= 11 is 0. The van der Waals surface area contributed by atoms with Gasteiger partial charge in [0.25, 0.3) is 0 Å². The number of aromatic amines is 1. The van der Waals surface area contributed by atoms with Crippen LogP contribution in [0.3, 0.4) is 0 Å². The van der Waals surface area contributed by atoms with Crippen LogP contribution in [0, 0.1) is 6.92 Å². The fourth-order valence-electron chi connectivity index (χ4n) is 3.74. The maximum absolute atomic E-state index is 12.5. The molecule has 1 fully saturated rings. The van der Waals surface area contributed by atoms with Gasteiger partial charge in [-0.15, -0.1) is 0 Å². The van der Waals surface area contributed by atoms with E-state index < -0.39 is 0 Å². The maximum Gasteiger partial charge on any atom is 0.326 e. The maximum atomic E-state index is 12.5. The third-order valence-corrected chi connectivity index (χ3v) is 5.42. The molecule has 1 aliphatic rings. The lowest BCUT2D eigenvalue weighted by Gasteiger charge is -2.16. The number of H-pyrrole nitrogens is 1. The van der Waals surface area contributed by atoms with Gasteiger partial charge < -0.3 is 14.4 Å². The van der Waals surface area contributed by atoms with Crippen molar-refractivity contribution in [3.63, 3.8) is 0 Å².